The number of hydrogen-bond donors (Lipinski definition) is 1. The summed E-state index contributed by atoms with van der Waals surface area (Å²) >= 11 is 5.72. The van der Waals surface area contributed by atoms with Gasteiger partial charge in [-0.1, -0.05) is 0 Å². The molecule has 1 unspecified atom stereocenters. The number of halogens is 3. The summed E-state index contributed by atoms with van der Waals surface area (Å²) < 4.78 is 26.4. The van der Waals surface area contributed by atoms with Crippen molar-refractivity contribution in [2.75, 3.05) is 12.4 Å². The van der Waals surface area contributed by atoms with Crippen LogP contribution in [0.5, 0.6) is 0 Å². The molecule has 2 nitrogen and oxygen atoms in total. The first kappa shape index (κ1) is 14.0. The van der Waals surface area contributed by atoms with Gasteiger partial charge >= 0.3 is 0 Å². The summed E-state index contributed by atoms with van der Waals surface area (Å²) in [6.07, 6.45) is 3.73. The Morgan fingerprint density at radius 2 is 2.06 bits per heavy atom. The molecule has 0 spiro atoms. The molecule has 2 aliphatic carbocycles. The smallest absolute Gasteiger partial charge is 0.248 e. The van der Waals surface area contributed by atoms with E-state index in [1.165, 1.54) is 0 Å². The molecule has 2 aliphatic rings. The van der Waals surface area contributed by atoms with Gasteiger partial charge in [-0.05, 0) is 37.5 Å². The Morgan fingerprint density at radius 3 is 2.61 bits per heavy atom. The largest absolute Gasteiger partial charge is 0.355 e. The average Bonchev–Trinajstić information content (AvgIpc) is 3.06. The second-order valence-electron chi connectivity index (χ2n) is 5.81. The van der Waals surface area contributed by atoms with Gasteiger partial charge in [0.25, 0.3) is 0 Å². The summed E-state index contributed by atoms with van der Waals surface area (Å²) in [6, 6.07) is 0. The minimum atomic E-state index is -2.66. The standard InChI is InChI=1S/C13H20ClF2NO/c14-7-6-12(4-5-12)9-17-11(18)10-2-1-3-13(15,16)8-10/h10H,1-9H2,(H,17,18). The quantitative estimate of drug-likeness (QED) is 0.769. The van der Waals surface area contributed by atoms with Crippen molar-refractivity contribution in [2.45, 2.75) is 50.9 Å². The monoisotopic (exact) mass is 279 g/mol. The van der Waals surface area contributed by atoms with Crippen LogP contribution in [-0.4, -0.2) is 24.3 Å². The maximum absolute atomic E-state index is 13.2. The molecule has 2 saturated carbocycles. The molecule has 0 aromatic heterocycles. The van der Waals surface area contributed by atoms with Gasteiger partial charge in [0, 0.05) is 31.2 Å². The normalized spacial score (nSPS) is 28.7. The van der Waals surface area contributed by atoms with Crippen molar-refractivity contribution in [1.29, 1.82) is 0 Å². The van der Waals surface area contributed by atoms with Gasteiger partial charge in [0.15, 0.2) is 0 Å². The first-order valence-corrected chi connectivity index (χ1v) is 7.21. The molecule has 0 aliphatic heterocycles. The van der Waals surface area contributed by atoms with Crippen LogP contribution in [0.4, 0.5) is 8.78 Å². The maximum atomic E-state index is 13.2. The molecule has 0 bridgehead atoms. The van der Waals surface area contributed by atoms with Crippen molar-refractivity contribution in [3.8, 4) is 0 Å². The van der Waals surface area contributed by atoms with Gasteiger partial charge in [0.1, 0.15) is 0 Å². The molecule has 2 rings (SSSR count). The summed E-state index contributed by atoms with van der Waals surface area (Å²) in [4.78, 5) is 11.9. The third-order valence-corrected chi connectivity index (χ3v) is 4.42. The van der Waals surface area contributed by atoms with E-state index in [-0.39, 0.29) is 24.2 Å². The molecule has 104 valence electrons. The van der Waals surface area contributed by atoms with Crippen LogP contribution in [0.25, 0.3) is 0 Å². The zero-order valence-electron chi connectivity index (χ0n) is 10.5. The highest BCUT2D eigenvalue weighted by atomic mass is 35.5. The fraction of sp³-hybridized carbons (Fsp3) is 0.923. The number of nitrogens with one attached hydrogen (secondary N) is 1. The van der Waals surface area contributed by atoms with Crippen molar-refractivity contribution in [3.05, 3.63) is 0 Å². The van der Waals surface area contributed by atoms with Gasteiger partial charge in [0.2, 0.25) is 11.8 Å². The Morgan fingerprint density at radius 1 is 1.33 bits per heavy atom. The van der Waals surface area contributed by atoms with E-state index in [4.69, 9.17) is 11.6 Å². The molecular formula is C13H20ClF2NO. The highest BCUT2D eigenvalue weighted by Crippen LogP contribution is 2.48. The third kappa shape index (κ3) is 3.56. The number of carbonyl (C=O) groups excluding carboxylic acids is 1. The molecule has 0 heterocycles. The molecule has 0 radical (unpaired) electrons. The number of rotatable bonds is 5. The lowest BCUT2D eigenvalue weighted by molar-refractivity contribution is -0.132. The Bertz CT molecular complexity index is 318. The van der Waals surface area contributed by atoms with Crippen LogP contribution in [0.15, 0.2) is 0 Å². The van der Waals surface area contributed by atoms with Crippen LogP contribution in [0.1, 0.15) is 44.9 Å². The van der Waals surface area contributed by atoms with E-state index in [1.807, 2.05) is 0 Å². The van der Waals surface area contributed by atoms with Crippen molar-refractivity contribution in [1.82, 2.24) is 5.32 Å². The zero-order chi connectivity index (χ0) is 13.2. The zero-order valence-corrected chi connectivity index (χ0v) is 11.2. The first-order valence-electron chi connectivity index (χ1n) is 6.68. The second kappa shape index (κ2) is 5.32. The Balaban J connectivity index is 1.78. The fourth-order valence-corrected chi connectivity index (χ4v) is 3.11. The highest BCUT2D eigenvalue weighted by molar-refractivity contribution is 6.17. The average molecular weight is 280 g/mol. The molecule has 1 N–H and O–H groups in total. The maximum Gasteiger partial charge on any atom is 0.248 e. The predicted molar refractivity (Wildman–Crippen MR) is 66.9 cm³/mol. The Hall–Kier alpha value is -0.380. The molecule has 18 heavy (non-hydrogen) atoms. The van der Waals surface area contributed by atoms with Crippen LogP contribution in [-0.2, 0) is 4.79 Å². The second-order valence-corrected chi connectivity index (χ2v) is 6.18. The third-order valence-electron chi connectivity index (χ3n) is 4.23. The molecule has 2 fully saturated rings. The summed E-state index contributed by atoms with van der Waals surface area (Å²) in [5.74, 6) is -2.78. The summed E-state index contributed by atoms with van der Waals surface area (Å²) in [5, 5.41) is 2.85. The number of alkyl halides is 3. The molecule has 0 aromatic carbocycles. The molecule has 0 aromatic rings. The topological polar surface area (TPSA) is 29.1 Å². The molecule has 5 heteroatoms. The predicted octanol–water partition coefficient (Wildman–Crippen LogP) is 3.34. The lowest BCUT2D eigenvalue weighted by atomic mass is 9.86. The highest BCUT2D eigenvalue weighted by Gasteiger charge is 2.43. The minimum absolute atomic E-state index is 0.0764. The van der Waals surface area contributed by atoms with Crippen molar-refractivity contribution in [3.63, 3.8) is 0 Å². The van der Waals surface area contributed by atoms with Gasteiger partial charge in [-0.3, -0.25) is 4.79 Å². The fourth-order valence-electron chi connectivity index (χ4n) is 2.71. The van der Waals surface area contributed by atoms with E-state index < -0.39 is 11.8 Å². The van der Waals surface area contributed by atoms with Crippen LogP contribution < -0.4 is 5.32 Å². The summed E-state index contributed by atoms with van der Waals surface area (Å²) in [5.41, 5.74) is 0.161. The lowest BCUT2D eigenvalue weighted by Gasteiger charge is -2.28. The summed E-state index contributed by atoms with van der Waals surface area (Å²) in [7, 11) is 0. The molecule has 1 atom stereocenters. The van der Waals surface area contributed by atoms with Gasteiger partial charge in [0.05, 0.1) is 0 Å². The van der Waals surface area contributed by atoms with E-state index >= 15 is 0 Å². The number of hydrogen-bond acceptors (Lipinski definition) is 1. The van der Waals surface area contributed by atoms with E-state index in [9.17, 15) is 13.6 Å². The van der Waals surface area contributed by atoms with Gasteiger partial charge in [-0.25, -0.2) is 8.78 Å². The Kier molecular flexibility index (Phi) is 4.15. The van der Waals surface area contributed by atoms with Gasteiger partial charge in [-0.15, -0.1) is 11.6 Å². The van der Waals surface area contributed by atoms with Crippen LogP contribution in [0.3, 0.4) is 0 Å². The van der Waals surface area contributed by atoms with Crippen molar-refractivity contribution in [2.24, 2.45) is 11.3 Å². The number of carbonyl (C=O) groups is 1. The van der Waals surface area contributed by atoms with Crippen LogP contribution in [0.2, 0.25) is 0 Å². The molecule has 1 amide bonds. The van der Waals surface area contributed by atoms with E-state index in [1.54, 1.807) is 0 Å². The molecule has 0 saturated heterocycles. The SMILES string of the molecule is O=C(NCC1(CCCl)CC1)C1CCCC(F)(F)C1. The van der Waals surface area contributed by atoms with Crippen molar-refractivity contribution >= 4 is 17.5 Å². The van der Waals surface area contributed by atoms with E-state index in [0.717, 1.165) is 19.3 Å². The Labute approximate surface area is 111 Å². The lowest BCUT2D eigenvalue weighted by Crippen LogP contribution is -2.39. The molecular weight excluding hydrogens is 260 g/mol. The number of amides is 1. The van der Waals surface area contributed by atoms with E-state index in [0.29, 0.717) is 25.3 Å². The van der Waals surface area contributed by atoms with E-state index in [2.05, 4.69) is 5.32 Å². The first-order chi connectivity index (χ1) is 8.46. The van der Waals surface area contributed by atoms with Crippen LogP contribution in [0, 0.1) is 11.3 Å². The van der Waals surface area contributed by atoms with Crippen molar-refractivity contribution < 1.29 is 13.6 Å². The van der Waals surface area contributed by atoms with Gasteiger partial charge < -0.3 is 5.32 Å². The van der Waals surface area contributed by atoms with Gasteiger partial charge in [-0.2, -0.15) is 0 Å². The minimum Gasteiger partial charge on any atom is -0.355 e. The summed E-state index contributed by atoms with van der Waals surface area (Å²) in [6.45, 7) is 0.598. The van der Waals surface area contributed by atoms with Crippen LogP contribution >= 0.6 is 11.6 Å².